The first-order valence-corrected chi connectivity index (χ1v) is 5.26. The highest BCUT2D eigenvalue weighted by Crippen LogP contribution is 2.08. The van der Waals surface area contributed by atoms with Crippen molar-refractivity contribution in [2.24, 2.45) is 5.10 Å². The lowest BCUT2D eigenvalue weighted by molar-refractivity contribution is -0.255. The fraction of sp³-hybridized carbons (Fsp3) is 0. The number of aromatic carboxylic acids is 1. The van der Waals surface area contributed by atoms with Crippen LogP contribution in [0.5, 0.6) is 0 Å². The molecule has 1 N–H and O–H groups in total. The number of carboxylic acid groups (broad SMARTS) is 1. The largest absolute Gasteiger partial charge is 0.545 e. The van der Waals surface area contributed by atoms with Crippen LogP contribution in [0, 0.1) is 0 Å². The first-order valence-electron chi connectivity index (χ1n) is 5.26. The number of nitrogens with zero attached hydrogens (tertiary/aromatic N) is 2. The molecule has 0 atom stereocenters. The summed E-state index contributed by atoms with van der Waals surface area (Å²) in [6.45, 7) is 0. The van der Waals surface area contributed by atoms with E-state index in [-0.39, 0.29) is 5.56 Å². The molecule has 2 aromatic rings. The molecule has 1 aromatic heterocycles. The zero-order valence-corrected chi connectivity index (χ0v) is 9.41. The van der Waals surface area contributed by atoms with Gasteiger partial charge in [-0.2, -0.15) is 5.10 Å². The highest BCUT2D eigenvalue weighted by molar-refractivity contribution is 5.86. The Morgan fingerprint density at radius 2 is 2.06 bits per heavy atom. The van der Waals surface area contributed by atoms with E-state index in [1.165, 1.54) is 12.1 Å². The van der Waals surface area contributed by atoms with Gasteiger partial charge in [0.1, 0.15) is 0 Å². The number of pyridine rings is 1. The van der Waals surface area contributed by atoms with E-state index in [1.807, 2.05) is 12.1 Å². The number of benzene rings is 1. The average molecular weight is 240 g/mol. The number of carbonyl (C=O) groups is 1. The van der Waals surface area contributed by atoms with E-state index in [0.717, 1.165) is 5.56 Å². The summed E-state index contributed by atoms with van der Waals surface area (Å²) < 4.78 is 0. The molecule has 0 saturated heterocycles. The number of anilines is 1. The minimum Gasteiger partial charge on any atom is -0.545 e. The molecule has 0 bridgehead atoms. The summed E-state index contributed by atoms with van der Waals surface area (Å²) in [7, 11) is 0. The fourth-order valence-corrected chi connectivity index (χ4v) is 1.31. The Labute approximate surface area is 104 Å². The van der Waals surface area contributed by atoms with Crippen LogP contribution in [0.2, 0.25) is 0 Å². The van der Waals surface area contributed by atoms with Gasteiger partial charge in [0, 0.05) is 18.0 Å². The monoisotopic (exact) mass is 240 g/mol. The molecule has 0 fully saturated rings. The van der Waals surface area contributed by atoms with E-state index in [0.29, 0.717) is 5.69 Å². The molecule has 0 aliphatic rings. The molecule has 5 heteroatoms. The van der Waals surface area contributed by atoms with Gasteiger partial charge >= 0.3 is 0 Å². The van der Waals surface area contributed by atoms with Crippen molar-refractivity contribution in [2.75, 3.05) is 5.43 Å². The summed E-state index contributed by atoms with van der Waals surface area (Å²) >= 11 is 0. The van der Waals surface area contributed by atoms with Gasteiger partial charge in [-0.1, -0.05) is 18.2 Å². The molecule has 1 aromatic carbocycles. The molecule has 0 unspecified atom stereocenters. The smallest absolute Gasteiger partial charge is 0.0715 e. The third-order valence-corrected chi connectivity index (χ3v) is 2.21. The van der Waals surface area contributed by atoms with Gasteiger partial charge in [-0.15, -0.1) is 0 Å². The summed E-state index contributed by atoms with van der Waals surface area (Å²) in [5.41, 5.74) is 4.49. The SMILES string of the molecule is O=C([O-])c1ccc(N/N=C\c2cccnc2)cc1. The van der Waals surface area contributed by atoms with Crippen molar-refractivity contribution in [1.82, 2.24) is 4.98 Å². The Hall–Kier alpha value is -2.69. The normalized spacial score (nSPS) is 10.4. The highest BCUT2D eigenvalue weighted by Gasteiger charge is 1.93. The highest BCUT2D eigenvalue weighted by atomic mass is 16.4. The van der Waals surface area contributed by atoms with Gasteiger partial charge in [-0.3, -0.25) is 10.4 Å². The van der Waals surface area contributed by atoms with Gasteiger partial charge in [0.15, 0.2) is 0 Å². The van der Waals surface area contributed by atoms with Crippen LogP contribution in [0.1, 0.15) is 15.9 Å². The molecule has 90 valence electrons. The average Bonchev–Trinajstić information content (AvgIpc) is 2.40. The minimum absolute atomic E-state index is 0.136. The molecule has 0 aliphatic carbocycles. The van der Waals surface area contributed by atoms with E-state index in [4.69, 9.17) is 0 Å². The Kier molecular flexibility index (Phi) is 3.66. The lowest BCUT2D eigenvalue weighted by atomic mass is 10.2. The zero-order chi connectivity index (χ0) is 12.8. The van der Waals surface area contributed by atoms with Gasteiger partial charge in [0.05, 0.1) is 17.9 Å². The van der Waals surface area contributed by atoms with Crippen LogP contribution < -0.4 is 10.5 Å². The molecule has 0 spiro atoms. The Morgan fingerprint density at radius 1 is 1.28 bits per heavy atom. The van der Waals surface area contributed by atoms with Crippen LogP contribution in [0.4, 0.5) is 5.69 Å². The van der Waals surface area contributed by atoms with Crippen LogP contribution in [-0.4, -0.2) is 17.2 Å². The van der Waals surface area contributed by atoms with Crippen LogP contribution in [0.25, 0.3) is 0 Å². The van der Waals surface area contributed by atoms with Gasteiger partial charge in [-0.25, -0.2) is 0 Å². The van der Waals surface area contributed by atoms with Crippen LogP contribution >= 0.6 is 0 Å². The summed E-state index contributed by atoms with van der Waals surface area (Å²) in [4.78, 5) is 14.5. The maximum Gasteiger partial charge on any atom is 0.0715 e. The second kappa shape index (κ2) is 5.58. The number of carboxylic acids is 1. The van der Waals surface area contributed by atoms with E-state index in [9.17, 15) is 9.90 Å². The number of hydrogen-bond donors (Lipinski definition) is 1. The maximum atomic E-state index is 10.5. The summed E-state index contributed by atoms with van der Waals surface area (Å²) in [6.07, 6.45) is 4.99. The number of aromatic nitrogens is 1. The summed E-state index contributed by atoms with van der Waals surface area (Å²) in [6, 6.07) is 9.83. The quantitative estimate of drug-likeness (QED) is 0.636. The number of carbonyl (C=O) groups excluding carboxylic acids is 1. The van der Waals surface area contributed by atoms with E-state index < -0.39 is 5.97 Å². The Balaban J connectivity index is 1.98. The van der Waals surface area contributed by atoms with Crippen molar-refractivity contribution in [3.05, 3.63) is 59.9 Å². The van der Waals surface area contributed by atoms with Crippen LogP contribution in [0.15, 0.2) is 53.9 Å². The van der Waals surface area contributed by atoms with E-state index in [2.05, 4.69) is 15.5 Å². The predicted octanol–water partition coefficient (Wildman–Crippen LogP) is 0.891. The molecule has 0 amide bonds. The molecule has 2 rings (SSSR count). The molecular weight excluding hydrogens is 230 g/mol. The topological polar surface area (TPSA) is 77.4 Å². The van der Waals surface area contributed by atoms with Crippen LogP contribution in [0.3, 0.4) is 0 Å². The fourth-order valence-electron chi connectivity index (χ4n) is 1.31. The number of nitrogens with one attached hydrogen (secondary N) is 1. The van der Waals surface area contributed by atoms with Gasteiger partial charge in [0.25, 0.3) is 0 Å². The van der Waals surface area contributed by atoms with Gasteiger partial charge in [-0.05, 0) is 23.8 Å². The summed E-state index contributed by atoms with van der Waals surface area (Å²) in [5.74, 6) is -1.19. The number of hydrazone groups is 1. The molecule has 5 nitrogen and oxygen atoms in total. The predicted molar refractivity (Wildman–Crippen MR) is 66.2 cm³/mol. The first-order chi connectivity index (χ1) is 8.75. The third kappa shape index (κ3) is 3.15. The van der Waals surface area contributed by atoms with Crippen molar-refractivity contribution in [3.63, 3.8) is 0 Å². The number of hydrogen-bond acceptors (Lipinski definition) is 5. The van der Waals surface area contributed by atoms with Crippen molar-refractivity contribution < 1.29 is 9.90 Å². The standard InChI is InChI=1S/C13H11N3O2/c17-13(18)11-3-5-12(6-4-11)16-15-9-10-2-1-7-14-8-10/h1-9,16H,(H,17,18)/p-1/b15-9-. The Morgan fingerprint density at radius 3 is 2.67 bits per heavy atom. The molecule has 18 heavy (non-hydrogen) atoms. The van der Waals surface area contributed by atoms with Crippen molar-refractivity contribution >= 4 is 17.9 Å². The third-order valence-electron chi connectivity index (χ3n) is 2.21. The van der Waals surface area contributed by atoms with Gasteiger partial charge < -0.3 is 9.90 Å². The van der Waals surface area contributed by atoms with Crippen molar-refractivity contribution in [2.45, 2.75) is 0 Å². The second-order valence-electron chi connectivity index (χ2n) is 3.52. The molecular formula is C13H10N3O2-. The zero-order valence-electron chi connectivity index (χ0n) is 9.41. The van der Waals surface area contributed by atoms with Crippen molar-refractivity contribution in [3.8, 4) is 0 Å². The lowest BCUT2D eigenvalue weighted by Gasteiger charge is -2.03. The van der Waals surface area contributed by atoms with Gasteiger partial charge in [0.2, 0.25) is 0 Å². The summed E-state index contributed by atoms with van der Waals surface area (Å²) in [5, 5.41) is 14.6. The van der Waals surface area contributed by atoms with Crippen LogP contribution in [-0.2, 0) is 0 Å². The van der Waals surface area contributed by atoms with Crippen molar-refractivity contribution in [1.29, 1.82) is 0 Å². The second-order valence-corrected chi connectivity index (χ2v) is 3.52. The lowest BCUT2D eigenvalue weighted by Crippen LogP contribution is -2.21. The van der Waals surface area contributed by atoms with E-state index in [1.54, 1.807) is 30.7 Å². The maximum absolute atomic E-state index is 10.5. The Bertz CT molecular complexity index is 550. The minimum atomic E-state index is -1.19. The number of rotatable bonds is 4. The molecule has 0 aliphatic heterocycles. The molecule has 1 heterocycles. The first kappa shape index (κ1) is 11.8. The molecule has 0 saturated carbocycles. The van der Waals surface area contributed by atoms with E-state index >= 15 is 0 Å². The molecule has 0 radical (unpaired) electrons.